The molecule has 0 aromatic heterocycles. The van der Waals surface area contributed by atoms with Crippen molar-refractivity contribution in [1.82, 2.24) is 0 Å². The third kappa shape index (κ3) is 8.97. The van der Waals surface area contributed by atoms with E-state index in [1.165, 1.54) is 0 Å². The van der Waals surface area contributed by atoms with E-state index in [0.717, 1.165) is 0 Å². The molecule has 0 atom stereocenters. The highest BCUT2D eigenvalue weighted by Crippen LogP contribution is 1.72. The van der Waals surface area contributed by atoms with Crippen LogP contribution < -0.4 is 5.73 Å². The molecule has 0 aromatic carbocycles. The summed E-state index contributed by atoms with van der Waals surface area (Å²) in [4.78, 5) is 0. The Bertz CT molecular complexity index is 46.8. The van der Waals surface area contributed by atoms with Crippen molar-refractivity contribution in [3.05, 3.63) is 0 Å². The second-order valence-electron chi connectivity index (χ2n) is 0.410. The first-order valence-corrected chi connectivity index (χ1v) is 1.65. The van der Waals surface area contributed by atoms with E-state index >= 15 is 0 Å². The lowest BCUT2D eigenvalue weighted by Gasteiger charge is -1.82. The first kappa shape index (κ1) is 9.40. The molecule has 0 aliphatic rings. The minimum Gasteiger partial charge on any atom is -0.401 e. The molecule has 0 aliphatic heterocycles. The first-order chi connectivity index (χ1) is 2.27. The van der Waals surface area contributed by atoms with Crippen LogP contribution in [0.1, 0.15) is 7.43 Å². The molecular formula is C2H7NOS2. The molecule has 0 rings (SSSR count). The van der Waals surface area contributed by atoms with Crippen molar-refractivity contribution in [3.8, 4) is 0 Å². The van der Waals surface area contributed by atoms with Gasteiger partial charge in [-0.25, -0.2) is 0 Å². The van der Waals surface area contributed by atoms with Crippen LogP contribution in [0.5, 0.6) is 0 Å². The Hall–Kier alpha value is 0.0400. The van der Waals surface area contributed by atoms with Crippen LogP contribution >= 0.6 is 25.1 Å². The van der Waals surface area contributed by atoms with Crippen molar-refractivity contribution in [2.24, 2.45) is 5.73 Å². The van der Waals surface area contributed by atoms with Gasteiger partial charge in [0.2, 0.25) is 0 Å². The molecule has 2 N–H and O–H groups in total. The number of rotatable bonds is 0. The maximum Gasteiger partial charge on any atom is 0.266 e. The minimum atomic E-state index is -0.0478. The third-order valence-corrected chi connectivity index (χ3v) is 0.494. The molecule has 38 valence electrons. The summed E-state index contributed by atoms with van der Waals surface area (Å²) in [5.74, 6) is 0. The average Bonchev–Trinajstić information content (AvgIpc) is 1.38. The first-order valence-electron chi connectivity index (χ1n) is 0.879. The van der Waals surface area contributed by atoms with Gasteiger partial charge in [-0.3, -0.25) is 0 Å². The lowest BCUT2D eigenvalue weighted by molar-refractivity contribution is 0.666. The molecule has 0 unspecified atom stereocenters. The van der Waals surface area contributed by atoms with E-state index in [0.29, 0.717) is 0 Å². The second kappa shape index (κ2) is 5.04. The van der Waals surface area contributed by atoms with Gasteiger partial charge in [0.15, 0.2) is 0 Å². The number of nitrogens with two attached hydrogens (primary N) is 1. The van der Waals surface area contributed by atoms with Gasteiger partial charge in [-0.1, -0.05) is 7.43 Å². The highest BCUT2D eigenvalue weighted by Gasteiger charge is 1.71. The van der Waals surface area contributed by atoms with Gasteiger partial charge in [-0.15, -0.1) is 0 Å². The van der Waals surface area contributed by atoms with Crippen LogP contribution in [-0.4, -0.2) is 5.17 Å². The SMILES string of the molecule is C.NC(=S)OS. The molecule has 2 nitrogen and oxygen atoms in total. The minimum absolute atomic E-state index is 0. The Morgan fingerprint density at radius 2 is 2.00 bits per heavy atom. The van der Waals surface area contributed by atoms with E-state index in [2.05, 4.69) is 29.3 Å². The fourth-order valence-electron chi connectivity index (χ4n) is 0. The predicted molar refractivity (Wildman–Crippen MR) is 33.6 cm³/mol. The summed E-state index contributed by atoms with van der Waals surface area (Å²) in [6.45, 7) is 0. The van der Waals surface area contributed by atoms with Crippen molar-refractivity contribution in [2.75, 3.05) is 0 Å². The maximum absolute atomic E-state index is 4.72. The molecule has 0 spiro atoms. The van der Waals surface area contributed by atoms with Crippen LogP contribution in [0.3, 0.4) is 0 Å². The quantitative estimate of drug-likeness (QED) is 0.284. The normalized spacial score (nSPS) is 5.50. The van der Waals surface area contributed by atoms with Gasteiger partial charge in [0, 0.05) is 12.9 Å². The van der Waals surface area contributed by atoms with Crippen LogP contribution in [0.2, 0.25) is 0 Å². The monoisotopic (exact) mass is 125 g/mol. The fourth-order valence-corrected chi connectivity index (χ4v) is 0. The zero-order chi connectivity index (χ0) is 4.28. The van der Waals surface area contributed by atoms with Gasteiger partial charge in [-0.05, 0) is 12.2 Å². The zero-order valence-electron chi connectivity index (χ0n) is 2.34. The molecule has 0 heterocycles. The molecule has 0 amide bonds. The topological polar surface area (TPSA) is 35.2 Å². The van der Waals surface area contributed by atoms with Gasteiger partial charge in [0.25, 0.3) is 5.17 Å². The van der Waals surface area contributed by atoms with Crippen LogP contribution in [0.25, 0.3) is 0 Å². The molecular weight excluding hydrogens is 118 g/mol. The number of hydrogen-bond donors (Lipinski definition) is 2. The van der Waals surface area contributed by atoms with Gasteiger partial charge < -0.3 is 9.92 Å². The summed E-state index contributed by atoms with van der Waals surface area (Å²) in [7, 11) is 0. The van der Waals surface area contributed by atoms with Crippen molar-refractivity contribution >= 4 is 30.3 Å². The molecule has 0 aromatic rings. The Kier molecular flexibility index (Phi) is 7.90. The lowest BCUT2D eigenvalue weighted by Crippen LogP contribution is -2.05. The highest BCUT2D eigenvalue weighted by molar-refractivity contribution is 7.82. The summed E-state index contributed by atoms with van der Waals surface area (Å²) in [5.41, 5.74) is 4.72. The summed E-state index contributed by atoms with van der Waals surface area (Å²) < 4.78 is 3.95. The van der Waals surface area contributed by atoms with E-state index < -0.39 is 0 Å². The van der Waals surface area contributed by atoms with Crippen molar-refractivity contribution < 1.29 is 4.18 Å². The average molecular weight is 125 g/mol. The molecule has 0 saturated carbocycles. The Morgan fingerprint density at radius 3 is 2.00 bits per heavy atom. The predicted octanol–water partition coefficient (Wildman–Crippen LogP) is 0.727. The van der Waals surface area contributed by atoms with E-state index in [4.69, 9.17) is 5.73 Å². The fraction of sp³-hybridized carbons (Fsp3) is 0.500. The molecule has 0 aliphatic carbocycles. The summed E-state index contributed by atoms with van der Waals surface area (Å²) in [6, 6.07) is 0. The van der Waals surface area contributed by atoms with Crippen LogP contribution in [0.4, 0.5) is 0 Å². The standard InChI is InChI=1S/CH3NOS2.CH4/c2-1(4)3-5;/h5H,(H2,2,4);1H4. The molecule has 0 bridgehead atoms. The summed E-state index contributed by atoms with van der Waals surface area (Å²) in [6.07, 6.45) is 0. The van der Waals surface area contributed by atoms with Gasteiger partial charge >= 0.3 is 0 Å². The smallest absolute Gasteiger partial charge is 0.266 e. The summed E-state index contributed by atoms with van der Waals surface area (Å²) in [5, 5.41) is -0.0478. The maximum atomic E-state index is 4.72. The van der Waals surface area contributed by atoms with Crippen molar-refractivity contribution in [3.63, 3.8) is 0 Å². The van der Waals surface area contributed by atoms with E-state index in [-0.39, 0.29) is 12.6 Å². The van der Waals surface area contributed by atoms with Crippen LogP contribution in [0.15, 0.2) is 0 Å². The summed E-state index contributed by atoms with van der Waals surface area (Å²) >= 11 is 7.43. The number of thiocarbonyl (C=S) groups is 1. The Morgan fingerprint density at radius 1 is 1.83 bits per heavy atom. The number of thiol groups is 1. The van der Waals surface area contributed by atoms with E-state index in [1.54, 1.807) is 0 Å². The molecule has 0 saturated heterocycles. The number of hydrogen-bond acceptors (Lipinski definition) is 3. The third-order valence-electron chi connectivity index (χ3n) is 0.0900. The molecule has 4 heteroatoms. The van der Waals surface area contributed by atoms with Gasteiger partial charge in [-0.2, -0.15) is 0 Å². The largest absolute Gasteiger partial charge is 0.401 e. The molecule has 0 radical (unpaired) electrons. The van der Waals surface area contributed by atoms with Crippen LogP contribution in [0, 0.1) is 0 Å². The van der Waals surface area contributed by atoms with Gasteiger partial charge in [0.1, 0.15) is 0 Å². The van der Waals surface area contributed by atoms with E-state index in [1.807, 2.05) is 0 Å². The van der Waals surface area contributed by atoms with Crippen molar-refractivity contribution in [1.29, 1.82) is 0 Å². The Labute approximate surface area is 48.3 Å². The molecule has 0 fully saturated rings. The van der Waals surface area contributed by atoms with Crippen LogP contribution in [-0.2, 0) is 4.18 Å². The van der Waals surface area contributed by atoms with Gasteiger partial charge in [0.05, 0.1) is 0 Å². The Balaban J connectivity index is 0. The molecule has 6 heavy (non-hydrogen) atoms. The lowest BCUT2D eigenvalue weighted by atomic mass is 11.4. The zero-order valence-corrected chi connectivity index (χ0v) is 4.05. The van der Waals surface area contributed by atoms with E-state index in [9.17, 15) is 0 Å². The second-order valence-corrected chi connectivity index (χ2v) is 0.995. The van der Waals surface area contributed by atoms with Crippen molar-refractivity contribution in [2.45, 2.75) is 7.43 Å². The highest BCUT2D eigenvalue weighted by atomic mass is 32.1.